The molecule has 2 atom stereocenters. The van der Waals surface area contributed by atoms with Gasteiger partial charge in [0.2, 0.25) is 0 Å². The van der Waals surface area contributed by atoms with Gasteiger partial charge in [0.15, 0.2) is 0 Å². The number of nitrogens with zero attached hydrogens (tertiary/aromatic N) is 2. The highest BCUT2D eigenvalue weighted by molar-refractivity contribution is 6.30. The second kappa shape index (κ2) is 4.67. The summed E-state index contributed by atoms with van der Waals surface area (Å²) in [5.74, 6) is 3.23. The third kappa shape index (κ3) is 1.98. The molecule has 2 aliphatic heterocycles. The van der Waals surface area contributed by atoms with Crippen molar-refractivity contribution in [3.8, 4) is 12.3 Å². The maximum absolute atomic E-state index is 6.16. The van der Waals surface area contributed by atoms with Crippen molar-refractivity contribution in [2.45, 2.75) is 18.8 Å². The Kier molecular flexibility index (Phi) is 3.12. The van der Waals surface area contributed by atoms with E-state index < -0.39 is 0 Å². The fourth-order valence-corrected chi connectivity index (χ4v) is 3.52. The molecule has 0 N–H and O–H groups in total. The molecular weight excluding hydrogens is 256 g/mol. The highest BCUT2D eigenvalue weighted by Gasteiger charge is 2.44. The van der Waals surface area contributed by atoms with Crippen LogP contribution in [-0.2, 0) is 5.41 Å². The molecule has 1 aromatic rings. The molecule has 1 saturated heterocycles. The average Bonchev–Trinajstić information content (AvgIpc) is 2.74. The number of hydrogen-bond acceptors (Lipinski definition) is 2. The van der Waals surface area contributed by atoms with E-state index in [1.54, 1.807) is 0 Å². The lowest BCUT2D eigenvalue weighted by Crippen LogP contribution is -2.49. The van der Waals surface area contributed by atoms with Crippen molar-refractivity contribution in [2.75, 3.05) is 19.6 Å². The van der Waals surface area contributed by atoms with E-state index in [-0.39, 0.29) is 5.41 Å². The predicted octanol–water partition coefficient (Wildman–Crippen LogP) is 3.27. The van der Waals surface area contributed by atoms with E-state index in [2.05, 4.69) is 35.0 Å². The van der Waals surface area contributed by atoms with Crippen molar-refractivity contribution < 1.29 is 0 Å². The van der Waals surface area contributed by atoms with Crippen LogP contribution in [-0.4, -0.2) is 30.7 Å². The Morgan fingerprint density at radius 3 is 3.16 bits per heavy atom. The molecule has 1 spiro atoms. The van der Waals surface area contributed by atoms with Crippen LogP contribution in [0.25, 0.3) is 0 Å². The van der Waals surface area contributed by atoms with E-state index in [0.29, 0.717) is 5.92 Å². The van der Waals surface area contributed by atoms with Crippen molar-refractivity contribution in [3.05, 3.63) is 28.8 Å². The second-order valence-corrected chi connectivity index (χ2v) is 5.99. The summed E-state index contributed by atoms with van der Waals surface area (Å²) in [5.41, 5.74) is 2.40. The number of halogens is 1. The van der Waals surface area contributed by atoms with Gasteiger partial charge in [0, 0.05) is 29.7 Å². The maximum atomic E-state index is 6.16. The number of aliphatic imine (C=N–C) groups is 1. The zero-order chi connectivity index (χ0) is 13.5. The van der Waals surface area contributed by atoms with Gasteiger partial charge in [-0.1, -0.05) is 24.4 Å². The molecule has 1 aromatic carbocycles. The Morgan fingerprint density at radius 1 is 1.58 bits per heavy atom. The first kappa shape index (κ1) is 12.7. The lowest BCUT2D eigenvalue weighted by atomic mass is 9.68. The third-order valence-corrected chi connectivity index (χ3v) is 4.70. The molecule has 0 saturated carbocycles. The minimum Gasteiger partial charge on any atom is -0.292 e. The van der Waals surface area contributed by atoms with Crippen molar-refractivity contribution in [1.29, 1.82) is 0 Å². The fourth-order valence-electron chi connectivity index (χ4n) is 3.34. The van der Waals surface area contributed by atoms with Crippen LogP contribution in [0, 0.1) is 18.3 Å². The number of hydrogen-bond donors (Lipinski definition) is 0. The van der Waals surface area contributed by atoms with Gasteiger partial charge in [-0.05, 0) is 36.1 Å². The van der Waals surface area contributed by atoms with Crippen LogP contribution >= 0.6 is 11.6 Å². The molecule has 2 aliphatic rings. The summed E-state index contributed by atoms with van der Waals surface area (Å²) in [6.07, 6.45) is 8.60. The summed E-state index contributed by atoms with van der Waals surface area (Å²) in [5, 5.41) is 0.793. The first-order chi connectivity index (χ1) is 9.15. The van der Waals surface area contributed by atoms with E-state index >= 15 is 0 Å². The van der Waals surface area contributed by atoms with E-state index in [0.717, 1.165) is 36.8 Å². The van der Waals surface area contributed by atoms with Gasteiger partial charge in [0.05, 0.1) is 12.2 Å². The molecule has 0 bridgehead atoms. The Hall–Kier alpha value is -1.30. The molecule has 19 heavy (non-hydrogen) atoms. The molecule has 0 amide bonds. The fraction of sp³-hybridized carbons (Fsp3) is 0.438. The van der Waals surface area contributed by atoms with Gasteiger partial charge in [0.1, 0.15) is 0 Å². The lowest BCUT2D eigenvalue weighted by Gasteiger charge is -2.43. The lowest BCUT2D eigenvalue weighted by molar-refractivity contribution is 0.156. The maximum Gasteiger partial charge on any atom is 0.0668 e. The first-order valence-corrected chi connectivity index (χ1v) is 7.04. The molecule has 0 aromatic heterocycles. The van der Waals surface area contributed by atoms with Gasteiger partial charge in [-0.15, -0.1) is 6.42 Å². The van der Waals surface area contributed by atoms with Gasteiger partial charge in [-0.3, -0.25) is 9.89 Å². The standard InChI is InChI=1S/C16H17ClN2/c1-3-7-19-8-6-16(12(2)10-19)11-18-15-5-4-13(17)9-14(15)16/h1,4-5,9,11-12H,6-8,10H2,2H3. The summed E-state index contributed by atoms with van der Waals surface area (Å²) < 4.78 is 0. The van der Waals surface area contributed by atoms with Crippen LogP contribution in [0.4, 0.5) is 5.69 Å². The van der Waals surface area contributed by atoms with E-state index in [9.17, 15) is 0 Å². The monoisotopic (exact) mass is 272 g/mol. The van der Waals surface area contributed by atoms with Crippen LogP contribution in [0.2, 0.25) is 5.02 Å². The number of piperidine rings is 1. The number of terminal acetylenes is 1. The van der Waals surface area contributed by atoms with Crippen molar-refractivity contribution in [3.63, 3.8) is 0 Å². The molecule has 3 heteroatoms. The van der Waals surface area contributed by atoms with Crippen molar-refractivity contribution in [1.82, 2.24) is 4.90 Å². The summed E-state index contributed by atoms with van der Waals surface area (Å²) in [4.78, 5) is 6.94. The highest BCUT2D eigenvalue weighted by atomic mass is 35.5. The Bertz CT molecular complexity index is 573. The molecule has 2 nitrogen and oxygen atoms in total. The van der Waals surface area contributed by atoms with E-state index in [4.69, 9.17) is 18.0 Å². The number of likely N-dealkylation sites (tertiary alicyclic amines) is 1. The van der Waals surface area contributed by atoms with Crippen LogP contribution in [0.5, 0.6) is 0 Å². The topological polar surface area (TPSA) is 15.6 Å². The summed E-state index contributed by atoms with van der Waals surface area (Å²) in [7, 11) is 0. The second-order valence-electron chi connectivity index (χ2n) is 5.55. The van der Waals surface area contributed by atoms with Gasteiger partial charge >= 0.3 is 0 Å². The Morgan fingerprint density at radius 2 is 2.42 bits per heavy atom. The number of fused-ring (bicyclic) bond motifs is 2. The Labute approximate surface area is 119 Å². The van der Waals surface area contributed by atoms with Crippen LogP contribution in [0.1, 0.15) is 18.9 Å². The largest absolute Gasteiger partial charge is 0.292 e. The minimum absolute atomic E-state index is 0.0470. The number of rotatable bonds is 1. The zero-order valence-electron chi connectivity index (χ0n) is 11.1. The molecule has 3 rings (SSSR count). The average molecular weight is 273 g/mol. The van der Waals surface area contributed by atoms with Gasteiger partial charge in [0.25, 0.3) is 0 Å². The SMILES string of the molecule is C#CCN1CCC2(C=Nc3ccc(Cl)cc32)C(C)C1. The molecule has 1 fully saturated rings. The van der Waals surface area contributed by atoms with Crippen LogP contribution < -0.4 is 0 Å². The van der Waals surface area contributed by atoms with Gasteiger partial charge < -0.3 is 0 Å². The van der Waals surface area contributed by atoms with Crippen LogP contribution in [0.15, 0.2) is 23.2 Å². The van der Waals surface area contributed by atoms with Crippen molar-refractivity contribution in [2.24, 2.45) is 10.9 Å². The van der Waals surface area contributed by atoms with Crippen LogP contribution in [0.3, 0.4) is 0 Å². The predicted molar refractivity (Wildman–Crippen MR) is 80.3 cm³/mol. The summed E-state index contributed by atoms with van der Waals surface area (Å²) in [6, 6.07) is 6.01. The minimum atomic E-state index is 0.0470. The normalized spacial score (nSPS) is 29.4. The smallest absolute Gasteiger partial charge is 0.0668 e. The molecular formula is C16H17ClN2. The van der Waals surface area contributed by atoms with Gasteiger partial charge in [-0.2, -0.15) is 0 Å². The van der Waals surface area contributed by atoms with E-state index in [1.807, 2.05) is 12.1 Å². The zero-order valence-corrected chi connectivity index (χ0v) is 11.8. The highest BCUT2D eigenvalue weighted by Crippen LogP contribution is 2.47. The summed E-state index contributed by atoms with van der Waals surface area (Å²) in [6.45, 7) is 5.05. The number of benzene rings is 1. The molecule has 2 unspecified atom stereocenters. The Balaban J connectivity index is 1.94. The molecule has 0 radical (unpaired) electrons. The quantitative estimate of drug-likeness (QED) is 0.717. The van der Waals surface area contributed by atoms with Gasteiger partial charge in [-0.25, -0.2) is 0 Å². The van der Waals surface area contributed by atoms with E-state index in [1.165, 1.54) is 5.56 Å². The molecule has 98 valence electrons. The summed E-state index contributed by atoms with van der Waals surface area (Å²) >= 11 is 6.16. The molecule has 2 heterocycles. The first-order valence-electron chi connectivity index (χ1n) is 6.67. The third-order valence-electron chi connectivity index (χ3n) is 4.46. The molecule has 0 aliphatic carbocycles. The van der Waals surface area contributed by atoms with Crippen molar-refractivity contribution >= 4 is 23.5 Å².